The van der Waals surface area contributed by atoms with E-state index in [-0.39, 0.29) is 23.5 Å². The van der Waals surface area contributed by atoms with E-state index in [9.17, 15) is 18.0 Å². The van der Waals surface area contributed by atoms with Crippen LogP contribution in [0.2, 0.25) is 5.02 Å². The molecule has 0 radical (unpaired) electrons. The zero-order valence-electron chi connectivity index (χ0n) is 17.6. The predicted molar refractivity (Wildman–Crippen MR) is 124 cm³/mol. The molecule has 2 amide bonds. The van der Waals surface area contributed by atoms with Gasteiger partial charge in [0.2, 0.25) is 5.91 Å². The van der Waals surface area contributed by atoms with E-state index in [0.29, 0.717) is 43.1 Å². The van der Waals surface area contributed by atoms with Crippen molar-refractivity contribution >= 4 is 33.3 Å². The van der Waals surface area contributed by atoms with Crippen molar-refractivity contribution in [2.75, 3.05) is 18.8 Å². The summed E-state index contributed by atoms with van der Waals surface area (Å²) in [4.78, 5) is 29.9. The molecule has 0 aromatic heterocycles. The van der Waals surface area contributed by atoms with Gasteiger partial charge in [0.1, 0.15) is 0 Å². The number of benzene rings is 2. The second kappa shape index (κ2) is 9.46. The Kier molecular flexibility index (Phi) is 6.67. The van der Waals surface area contributed by atoms with E-state index in [1.807, 2.05) is 30.3 Å². The zero-order chi connectivity index (χ0) is 22.7. The average Bonchev–Trinajstić information content (AvgIpc) is 3.17. The standard InChI is InChI=1S/C24H25ClN2O4S/c25-21-10-8-19(9-11-21)23(28)26-13-4-7-20(16-26)24(29)27(15-18-5-2-1-3-6-18)22-12-14-32(30,31)17-22/h1-3,5-6,8-12,14,20,22H,4,7,13,15-17H2/t20-,22-/m1/s1. The first-order valence-corrected chi connectivity index (χ1v) is 12.7. The summed E-state index contributed by atoms with van der Waals surface area (Å²) in [5.41, 5.74) is 1.47. The van der Waals surface area contributed by atoms with Crippen LogP contribution in [0.25, 0.3) is 0 Å². The molecular weight excluding hydrogens is 448 g/mol. The minimum absolute atomic E-state index is 0.105. The van der Waals surface area contributed by atoms with Crippen LogP contribution in [0.15, 0.2) is 66.1 Å². The maximum atomic E-state index is 13.6. The van der Waals surface area contributed by atoms with E-state index in [0.717, 1.165) is 5.56 Å². The summed E-state index contributed by atoms with van der Waals surface area (Å²) in [5, 5.41) is 1.75. The van der Waals surface area contributed by atoms with Crippen molar-refractivity contribution in [2.24, 2.45) is 5.92 Å². The van der Waals surface area contributed by atoms with Gasteiger partial charge >= 0.3 is 0 Å². The van der Waals surface area contributed by atoms with Crippen molar-refractivity contribution in [1.82, 2.24) is 9.80 Å². The van der Waals surface area contributed by atoms with E-state index in [2.05, 4.69) is 0 Å². The molecule has 32 heavy (non-hydrogen) atoms. The highest BCUT2D eigenvalue weighted by Gasteiger charge is 2.36. The van der Waals surface area contributed by atoms with Gasteiger partial charge in [0.25, 0.3) is 5.91 Å². The lowest BCUT2D eigenvalue weighted by Gasteiger charge is -2.37. The van der Waals surface area contributed by atoms with Crippen LogP contribution in [-0.2, 0) is 21.2 Å². The van der Waals surface area contributed by atoms with Crippen LogP contribution in [0, 0.1) is 5.92 Å². The fraction of sp³-hybridized carbons (Fsp3) is 0.333. The van der Waals surface area contributed by atoms with Crippen LogP contribution in [-0.4, -0.2) is 54.9 Å². The number of rotatable bonds is 5. The number of nitrogens with zero attached hydrogens (tertiary/aromatic N) is 2. The molecular formula is C24H25ClN2O4S. The first-order valence-electron chi connectivity index (χ1n) is 10.6. The van der Waals surface area contributed by atoms with Gasteiger partial charge in [-0.15, -0.1) is 0 Å². The largest absolute Gasteiger partial charge is 0.338 e. The SMILES string of the molecule is O=C(c1ccc(Cl)cc1)N1CCC[C@@H](C(=O)N(Cc2ccccc2)[C@@H]2C=CS(=O)(=O)C2)C1. The van der Waals surface area contributed by atoms with E-state index < -0.39 is 15.9 Å². The number of hydrogen-bond acceptors (Lipinski definition) is 4. The topological polar surface area (TPSA) is 74.8 Å². The molecule has 0 spiro atoms. The Morgan fingerprint density at radius 2 is 1.78 bits per heavy atom. The van der Waals surface area contributed by atoms with E-state index >= 15 is 0 Å². The third kappa shape index (κ3) is 5.22. The summed E-state index contributed by atoms with van der Waals surface area (Å²) in [7, 11) is -3.31. The first-order chi connectivity index (χ1) is 15.3. The average molecular weight is 473 g/mol. The Bertz CT molecular complexity index is 1120. The lowest BCUT2D eigenvalue weighted by atomic mass is 9.95. The predicted octanol–water partition coefficient (Wildman–Crippen LogP) is 3.53. The van der Waals surface area contributed by atoms with Crippen molar-refractivity contribution < 1.29 is 18.0 Å². The number of carbonyl (C=O) groups excluding carboxylic acids is 2. The fourth-order valence-corrected chi connectivity index (χ4v) is 5.69. The summed E-state index contributed by atoms with van der Waals surface area (Å²) in [6.07, 6.45) is 2.97. The quantitative estimate of drug-likeness (QED) is 0.667. The fourth-order valence-electron chi connectivity index (χ4n) is 4.26. The highest BCUT2D eigenvalue weighted by Crippen LogP contribution is 2.25. The normalized spacial score (nSPS) is 22.0. The molecule has 2 aromatic carbocycles. The maximum Gasteiger partial charge on any atom is 0.253 e. The molecule has 1 saturated heterocycles. The molecule has 168 valence electrons. The van der Waals surface area contributed by atoms with Gasteiger partial charge in [0, 0.05) is 35.6 Å². The van der Waals surface area contributed by atoms with Crippen LogP contribution in [0.1, 0.15) is 28.8 Å². The molecule has 2 aliphatic heterocycles. The van der Waals surface area contributed by atoms with Gasteiger partial charge < -0.3 is 9.80 Å². The van der Waals surface area contributed by atoms with Crippen LogP contribution in [0.4, 0.5) is 0 Å². The molecule has 6 nitrogen and oxygen atoms in total. The number of sulfone groups is 1. The smallest absolute Gasteiger partial charge is 0.253 e. The van der Waals surface area contributed by atoms with Gasteiger partial charge in [-0.05, 0) is 48.7 Å². The minimum Gasteiger partial charge on any atom is -0.338 e. The lowest BCUT2D eigenvalue weighted by molar-refractivity contribution is -0.138. The van der Waals surface area contributed by atoms with Crippen molar-refractivity contribution in [3.8, 4) is 0 Å². The molecule has 0 unspecified atom stereocenters. The monoisotopic (exact) mass is 472 g/mol. The van der Waals surface area contributed by atoms with Gasteiger partial charge in [0.05, 0.1) is 17.7 Å². The van der Waals surface area contributed by atoms with Crippen LogP contribution in [0.3, 0.4) is 0 Å². The van der Waals surface area contributed by atoms with Crippen molar-refractivity contribution in [2.45, 2.75) is 25.4 Å². The molecule has 0 N–H and O–H groups in total. The number of carbonyl (C=O) groups is 2. The van der Waals surface area contributed by atoms with Crippen molar-refractivity contribution in [3.05, 3.63) is 82.2 Å². The van der Waals surface area contributed by atoms with Crippen molar-refractivity contribution in [3.63, 3.8) is 0 Å². The number of hydrogen-bond donors (Lipinski definition) is 0. The van der Waals surface area contributed by atoms with Gasteiger partial charge in [-0.2, -0.15) is 0 Å². The summed E-state index contributed by atoms with van der Waals surface area (Å²) in [6, 6.07) is 15.8. The Labute approximate surface area is 193 Å². The van der Waals surface area contributed by atoms with Crippen LogP contribution >= 0.6 is 11.6 Å². The number of likely N-dealkylation sites (tertiary alicyclic amines) is 1. The molecule has 8 heteroatoms. The summed E-state index contributed by atoms with van der Waals surface area (Å²) < 4.78 is 24.1. The molecule has 2 aliphatic rings. The molecule has 0 aliphatic carbocycles. The van der Waals surface area contributed by atoms with Gasteiger partial charge in [-0.25, -0.2) is 8.42 Å². The highest BCUT2D eigenvalue weighted by atomic mass is 35.5. The summed E-state index contributed by atoms with van der Waals surface area (Å²) in [5.74, 6) is -0.724. The minimum atomic E-state index is -3.31. The van der Waals surface area contributed by atoms with Crippen LogP contribution in [0.5, 0.6) is 0 Å². The van der Waals surface area contributed by atoms with Gasteiger partial charge in [-0.1, -0.05) is 41.9 Å². The lowest BCUT2D eigenvalue weighted by Crippen LogP contribution is -2.49. The molecule has 1 fully saturated rings. The third-order valence-corrected chi connectivity index (χ3v) is 7.57. The Hall–Kier alpha value is -2.64. The van der Waals surface area contributed by atoms with Crippen LogP contribution < -0.4 is 0 Å². The Balaban J connectivity index is 1.52. The molecule has 2 atom stereocenters. The Morgan fingerprint density at radius 1 is 1.06 bits per heavy atom. The summed E-state index contributed by atoms with van der Waals surface area (Å²) >= 11 is 5.93. The van der Waals surface area contributed by atoms with E-state index in [1.54, 1.807) is 40.1 Å². The second-order valence-electron chi connectivity index (χ2n) is 8.27. The van der Waals surface area contributed by atoms with Gasteiger partial charge in [-0.3, -0.25) is 9.59 Å². The first kappa shape index (κ1) is 22.6. The number of piperidine rings is 1. The maximum absolute atomic E-state index is 13.6. The number of amides is 2. The number of halogens is 1. The van der Waals surface area contributed by atoms with Gasteiger partial charge in [0.15, 0.2) is 9.84 Å². The molecule has 0 bridgehead atoms. The van der Waals surface area contributed by atoms with E-state index in [4.69, 9.17) is 11.6 Å². The molecule has 4 rings (SSSR count). The highest BCUT2D eigenvalue weighted by molar-refractivity contribution is 7.94. The Morgan fingerprint density at radius 3 is 2.44 bits per heavy atom. The zero-order valence-corrected chi connectivity index (χ0v) is 19.1. The second-order valence-corrected chi connectivity index (χ2v) is 10.6. The molecule has 2 aromatic rings. The van der Waals surface area contributed by atoms with E-state index in [1.165, 1.54) is 5.41 Å². The summed E-state index contributed by atoms with van der Waals surface area (Å²) in [6.45, 7) is 1.22. The third-order valence-electron chi connectivity index (χ3n) is 5.94. The molecule has 2 heterocycles. The molecule has 0 saturated carbocycles. The van der Waals surface area contributed by atoms with Crippen molar-refractivity contribution in [1.29, 1.82) is 0 Å².